The summed E-state index contributed by atoms with van der Waals surface area (Å²) in [5, 5.41) is 8.27. The van der Waals surface area contributed by atoms with E-state index in [0.717, 1.165) is 32.4 Å². The number of aromatic nitrogens is 3. The number of allylic oxidation sites excluding steroid dienone is 2. The monoisotopic (exact) mass is 326 g/mol. The molecule has 1 atom stereocenters. The van der Waals surface area contributed by atoms with E-state index >= 15 is 0 Å². The van der Waals surface area contributed by atoms with E-state index in [1.54, 1.807) is 10.7 Å². The Morgan fingerprint density at radius 1 is 1.33 bits per heavy atom. The first-order chi connectivity index (χ1) is 11.7. The molecule has 0 radical (unpaired) electrons. The summed E-state index contributed by atoms with van der Waals surface area (Å²) in [5.41, 5.74) is 1.33. The van der Waals surface area contributed by atoms with Gasteiger partial charge in [0, 0.05) is 32.4 Å². The number of carbonyl (C=O) groups excluding carboxylic acids is 1. The van der Waals surface area contributed by atoms with Gasteiger partial charge in [0.25, 0.3) is 5.91 Å². The van der Waals surface area contributed by atoms with Crippen molar-refractivity contribution in [2.75, 3.05) is 13.1 Å². The van der Waals surface area contributed by atoms with Crippen LogP contribution in [0.1, 0.15) is 42.6 Å². The van der Waals surface area contributed by atoms with Gasteiger partial charge in [-0.05, 0) is 43.6 Å². The van der Waals surface area contributed by atoms with Crippen LogP contribution < -0.4 is 0 Å². The van der Waals surface area contributed by atoms with Crippen molar-refractivity contribution in [1.29, 1.82) is 0 Å². The Morgan fingerprint density at radius 2 is 2.25 bits per heavy atom. The van der Waals surface area contributed by atoms with Crippen LogP contribution in [0.15, 0.2) is 35.0 Å². The fourth-order valence-corrected chi connectivity index (χ4v) is 3.90. The van der Waals surface area contributed by atoms with Gasteiger partial charge in [0.2, 0.25) is 0 Å². The Morgan fingerprint density at radius 3 is 3.00 bits per heavy atom. The average molecular weight is 326 g/mol. The van der Waals surface area contributed by atoms with Crippen LogP contribution >= 0.6 is 0 Å². The lowest BCUT2D eigenvalue weighted by atomic mass is 9.71. The zero-order valence-corrected chi connectivity index (χ0v) is 13.9. The molecule has 1 aliphatic carbocycles. The second-order valence-corrected chi connectivity index (χ2v) is 7.00. The molecule has 2 aliphatic rings. The summed E-state index contributed by atoms with van der Waals surface area (Å²) in [6.07, 6.45) is 12.0. The molecule has 6 nitrogen and oxygen atoms in total. The molecule has 0 saturated carbocycles. The number of aryl methyl sites for hydroxylation is 1. The lowest BCUT2D eigenvalue weighted by molar-refractivity contribution is 0.0475. The van der Waals surface area contributed by atoms with Gasteiger partial charge >= 0.3 is 0 Å². The van der Waals surface area contributed by atoms with Crippen LogP contribution in [0.4, 0.5) is 0 Å². The average Bonchev–Trinajstić information content (AvgIpc) is 3.24. The summed E-state index contributed by atoms with van der Waals surface area (Å²) in [6, 6.07) is 3.55. The molecule has 2 aromatic rings. The first-order valence-electron chi connectivity index (χ1n) is 8.56. The normalized spacial score (nSPS) is 23.8. The molecule has 1 spiro atoms. The van der Waals surface area contributed by atoms with Gasteiger partial charge in [0.1, 0.15) is 5.69 Å². The third-order valence-electron chi connectivity index (χ3n) is 5.20. The third kappa shape index (κ3) is 2.77. The van der Waals surface area contributed by atoms with E-state index in [1.165, 1.54) is 12.8 Å². The lowest BCUT2D eigenvalue weighted by Crippen LogP contribution is -2.46. The zero-order valence-electron chi connectivity index (χ0n) is 13.9. The minimum atomic E-state index is -0.0328. The molecule has 24 heavy (non-hydrogen) atoms. The van der Waals surface area contributed by atoms with Gasteiger partial charge in [-0.2, -0.15) is 5.10 Å². The minimum absolute atomic E-state index is 0.0328. The highest BCUT2D eigenvalue weighted by Crippen LogP contribution is 2.41. The molecule has 1 aliphatic heterocycles. The number of nitrogens with zero attached hydrogens (tertiary/aromatic N) is 4. The molecular weight excluding hydrogens is 304 g/mol. The van der Waals surface area contributed by atoms with Gasteiger partial charge in [-0.1, -0.05) is 17.3 Å². The summed E-state index contributed by atoms with van der Waals surface area (Å²) in [4.78, 5) is 14.8. The maximum Gasteiger partial charge on any atom is 0.276 e. The second-order valence-electron chi connectivity index (χ2n) is 7.00. The number of rotatable bonds is 2. The maximum absolute atomic E-state index is 12.8. The molecule has 3 heterocycles. The lowest BCUT2D eigenvalue weighted by Gasteiger charge is -2.43. The van der Waals surface area contributed by atoms with Crippen molar-refractivity contribution >= 4 is 5.91 Å². The number of amides is 1. The van der Waals surface area contributed by atoms with Crippen LogP contribution in [0.3, 0.4) is 0 Å². The van der Waals surface area contributed by atoms with Gasteiger partial charge in [-0.15, -0.1) is 0 Å². The number of hydrogen-bond donors (Lipinski definition) is 0. The molecule has 1 amide bonds. The van der Waals surface area contributed by atoms with Gasteiger partial charge in [0.05, 0.1) is 0 Å². The van der Waals surface area contributed by atoms with Crippen LogP contribution in [0.5, 0.6) is 0 Å². The SMILES string of the molecule is Cn1ccc(-c2cc(C(=O)N3CCCC4(CC=CCC4)C3)no2)n1. The van der Waals surface area contributed by atoms with E-state index in [9.17, 15) is 4.79 Å². The van der Waals surface area contributed by atoms with Crippen molar-refractivity contribution in [3.63, 3.8) is 0 Å². The molecule has 0 bridgehead atoms. The molecule has 1 saturated heterocycles. The quantitative estimate of drug-likeness (QED) is 0.796. The smallest absolute Gasteiger partial charge is 0.276 e. The fraction of sp³-hybridized carbons (Fsp3) is 0.500. The van der Waals surface area contributed by atoms with Crippen LogP contribution in [-0.4, -0.2) is 38.8 Å². The summed E-state index contributed by atoms with van der Waals surface area (Å²) >= 11 is 0. The van der Waals surface area contributed by atoms with Crippen molar-refractivity contribution in [1.82, 2.24) is 19.8 Å². The van der Waals surface area contributed by atoms with E-state index in [-0.39, 0.29) is 11.3 Å². The van der Waals surface area contributed by atoms with Crippen LogP contribution in [-0.2, 0) is 7.05 Å². The molecule has 2 aromatic heterocycles. The molecule has 126 valence electrons. The molecule has 0 N–H and O–H groups in total. The second kappa shape index (κ2) is 5.92. The van der Waals surface area contributed by atoms with Crippen molar-refractivity contribution in [3.05, 3.63) is 36.2 Å². The largest absolute Gasteiger partial charge is 0.354 e. The highest BCUT2D eigenvalue weighted by Gasteiger charge is 2.37. The Bertz CT molecular complexity index is 776. The summed E-state index contributed by atoms with van der Waals surface area (Å²) in [5.74, 6) is 0.501. The molecule has 4 rings (SSSR count). The number of piperidine rings is 1. The number of likely N-dealkylation sites (tertiary alicyclic amines) is 1. The van der Waals surface area contributed by atoms with E-state index < -0.39 is 0 Å². The van der Waals surface area contributed by atoms with Gasteiger partial charge in [-0.25, -0.2) is 0 Å². The van der Waals surface area contributed by atoms with Crippen molar-refractivity contribution in [2.45, 2.75) is 32.1 Å². The Labute approximate surface area is 141 Å². The van der Waals surface area contributed by atoms with Crippen molar-refractivity contribution in [2.24, 2.45) is 12.5 Å². The van der Waals surface area contributed by atoms with Gasteiger partial charge in [-0.3, -0.25) is 9.48 Å². The maximum atomic E-state index is 12.8. The topological polar surface area (TPSA) is 64.2 Å². The molecule has 0 aromatic carbocycles. The standard InChI is InChI=1S/C18H22N4O2/c1-21-11-6-14(19-21)16-12-15(20-24-16)17(23)22-10-5-9-18(13-22)7-3-2-4-8-18/h2-3,6,11-12H,4-5,7-10,13H2,1H3. The van der Waals surface area contributed by atoms with Crippen LogP contribution in [0.2, 0.25) is 0 Å². The summed E-state index contributed by atoms with van der Waals surface area (Å²) in [6.45, 7) is 1.62. The zero-order chi connectivity index (χ0) is 16.6. The van der Waals surface area contributed by atoms with E-state index in [4.69, 9.17) is 4.52 Å². The highest BCUT2D eigenvalue weighted by molar-refractivity contribution is 5.93. The first-order valence-corrected chi connectivity index (χ1v) is 8.56. The first kappa shape index (κ1) is 15.2. The summed E-state index contributed by atoms with van der Waals surface area (Å²) in [7, 11) is 1.84. The van der Waals surface area contributed by atoms with Crippen LogP contribution in [0, 0.1) is 5.41 Å². The third-order valence-corrected chi connectivity index (χ3v) is 5.20. The molecular formula is C18H22N4O2. The van der Waals surface area contributed by atoms with E-state index in [1.807, 2.05) is 24.2 Å². The predicted molar refractivity (Wildman–Crippen MR) is 89.3 cm³/mol. The molecule has 1 unspecified atom stereocenters. The molecule has 6 heteroatoms. The summed E-state index contributed by atoms with van der Waals surface area (Å²) < 4.78 is 7.03. The number of hydrogen-bond acceptors (Lipinski definition) is 4. The Kier molecular flexibility index (Phi) is 3.75. The predicted octanol–water partition coefficient (Wildman–Crippen LogP) is 3.04. The molecule has 1 fully saturated rings. The Hall–Kier alpha value is -2.37. The van der Waals surface area contributed by atoms with Gasteiger partial charge < -0.3 is 9.42 Å². The fourth-order valence-electron chi connectivity index (χ4n) is 3.90. The van der Waals surface area contributed by atoms with Crippen molar-refractivity contribution < 1.29 is 9.32 Å². The van der Waals surface area contributed by atoms with E-state index in [0.29, 0.717) is 17.1 Å². The number of carbonyl (C=O) groups is 1. The van der Waals surface area contributed by atoms with E-state index in [2.05, 4.69) is 22.4 Å². The minimum Gasteiger partial charge on any atom is -0.354 e. The Balaban J connectivity index is 1.51. The highest BCUT2D eigenvalue weighted by atomic mass is 16.5. The van der Waals surface area contributed by atoms with Crippen molar-refractivity contribution in [3.8, 4) is 11.5 Å². The van der Waals surface area contributed by atoms with Crippen LogP contribution in [0.25, 0.3) is 11.5 Å². The van der Waals surface area contributed by atoms with Gasteiger partial charge in [0.15, 0.2) is 11.5 Å².